The van der Waals surface area contributed by atoms with Crippen molar-refractivity contribution in [1.29, 1.82) is 0 Å². The van der Waals surface area contributed by atoms with E-state index < -0.39 is 0 Å². The van der Waals surface area contributed by atoms with Gasteiger partial charge in [0, 0.05) is 6.42 Å². The van der Waals surface area contributed by atoms with Gasteiger partial charge < -0.3 is 4.74 Å². The highest BCUT2D eigenvalue weighted by atomic mass is 16.5. The van der Waals surface area contributed by atoms with Crippen LogP contribution in [0.25, 0.3) is 0 Å². The van der Waals surface area contributed by atoms with Crippen LogP contribution in [0.3, 0.4) is 0 Å². The van der Waals surface area contributed by atoms with Gasteiger partial charge in [0.1, 0.15) is 11.4 Å². The van der Waals surface area contributed by atoms with E-state index in [2.05, 4.69) is 74.6 Å². The normalized spacial score (nSPS) is 20.6. The summed E-state index contributed by atoms with van der Waals surface area (Å²) in [6.07, 6.45) is 19.8. The Hall–Kier alpha value is -1.76. The van der Waals surface area contributed by atoms with E-state index >= 15 is 0 Å². The highest BCUT2D eigenvalue weighted by molar-refractivity contribution is 5.32. The van der Waals surface area contributed by atoms with E-state index in [1.165, 1.54) is 24.8 Å². The summed E-state index contributed by atoms with van der Waals surface area (Å²) < 4.78 is 6.33. The Bertz CT molecular complexity index is 521. The van der Waals surface area contributed by atoms with Crippen LogP contribution in [0.15, 0.2) is 60.7 Å². The largest absolute Gasteiger partial charge is 0.479 e. The minimum absolute atomic E-state index is 0.325. The molecule has 0 amide bonds. The minimum atomic E-state index is -0.325. The Morgan fingerprint density at radius 1 is 1.09 bits per heavy atom. The van der Waals surface area contributed by atoms with Crippen molar-refractivity contribution in [2.24, 2.45) is 0 Å². The second-order valence-corrected chi connectivity index (χ2v) is 5.99. The van der Waals surface area contributed by atoms with Crippen LogP contribution in [0.1, 0.15) is 51.5 Å². The summed E-state index contributed by atoms with van der Waals surface area (Å²) in [5.41, 5.74) is 1.05. The summed E-state index contributed by atoms with van der Waals surface area (Å²) in [6.45, 7) is 4.43. The minimum Gasteiger partial charge on any atom is -0.479 e. The molecule has 0 aromatic heterocycles. The lowest BCUT2D eigenvalue weighted by molar-refractivity contribution is 0.173. The van der Waals surface area contributed by atoms with Crippen LogP contribution in [0.2, 0.25) is 0 Å². The van der Waals surface area contributed by atoms with Gasteiger partial charge in [0.05, 0.1) is 0 Å². The second kappa shape index (κ2) is 8.63. The quantitative estimate of drug-likeness (QED) is 0.421. The van der Waals surface area contributed by atoms with E-state index in [1.807, 2.05) is 0 Å². The average Bonchev–Trinajstić information content (AvgIpc) is 2.55. The zero-order valence-corrected chi connectivity index (χ0v) is 13.9. The smallest absolute Gasteiger partial charge is 0.149 e. The second-order valence-electron chi connectivity index (χ2n) is 5.99. The molecule has 0 fully saturated rings. The van der Waals surface area contributed by atoms with Gasteiger partial charge in [0.15, 0.2) is 0 Å². The van der Waals surface area contributed by atoms with E-state index in [0.717, 1.165) is 25.0 Å². The summed E-state index contributed by atoms with van der Waals surface area (Å²) in [7, 11) is 0. The summed E-state index contributed by atoms with van der Waals surface area (Å²) >= 11 is 0. The van der Waals surface area contributed by atoms with Crippen LogP contribution in [-0.2, 0) is 6.42 Å². The molecular formula is C21H28O. The number of aryl methyl sites for hydroxylation is 1. The van der Waals surface area contributed by atoms with Gasteiger partial charge in [0.2, 0.25) is 0 Å². The van der Waals surface area contributed by atoms with Crippen molar-refractivity contribution in [3.63, 3.8) is 0 Å². The van der Waals surface area contributed by atoms with E-state index in [4.69, 9.17) is 4.74 Å². The van der Waals surface area contributed by atoms with Crippen molar-refractivity contribution in [1.82, 2.24) is 0 Å². The molecule has 118 valence electrons. The Kier molecular flexibility index (Phi) is 6.51. The number of hydrogen-bond donors (Lipinski definition) is 0. The zero-order chi connectivity index (χ0) is 15.7. The highest BCUT2D eigenvalue weighted by Crippen LogP contribution is 2.28. The molecule has 0 aliphatic heterocycles. The van der Waals surface area contributed by atoms with Gasteiger partial charge in [-0.2, -0.15) is 0 Å². The molecule has 1 aromatic carbocycles. The Labute approximate surface area is 135 Å². The third kappa shape index (κ3) is 4.91. The maximum atomic E-state index is 6.33. The van der Waals surface area contributed by atoms with Crippen LogP contribution in [-0.4, -0.2) is 5.60 Å². The molecule has 0 N–H and O–H groups in total. The Balaban J connectivity index is 2.07. The SMILES string of the molecule is CCCCC=CC1(Oc2ccc(CCC)cc2)C=CC=CC1. The van der Waals surface area contributed by atoms with Gasteiger partial charge in [-0.3, -0.25) is 0 Å². The van der Waals surface area contributed by atoms with Gasteiger partial charge in [-0.1, -0.05) is 69.5 Å². The number of hydrogen-bond acceptors (Lipinski definition) is 1. The van der Waals surface area contributed by atoms with E-state index in [9.17, 15) is 0 Å². The Morgan fingerprint density at radius 3 is 2.55 bits per heavy atom. The first-order chi connectivity index (χ1) is 10.8. The number of unbranched alkanes of at least 4 members (excludes halogenated alkanes) is 2. The fraction of sp³-hybridized carbons (Fsp3) is 0.429. The summed E-state index contributed by atoms with van der Waals surface area (Å²) in [4.78, 5) is 0. The third-order valence-corrected chi connectivity index (χ3v) is 3.96. The number of ether oxygens (including phenoxy) is 1. The fourth-order valence-electron chi connectivity index (χ4n) is 2.69. The first-order valence-electron chi connectivity index (χ1n) is 8.58. The Morgan fingerprint density at radius 2 is 1.91 bits per heavy atom. The van der Waals surface area contributed by atoms with Crippen molar-refractivity contribution in [3.8, 4) is 5.75 Å². The van der Waals surface area contributed by atoms with Crippen LogP contribution in [0.4, 0.5) is 0 Å². The number of allylic oxidation sites excluding steroid dienone is 3. The molecule has 1 nitrogen and oxygen atoms in total. The average molecular weight is 296 g/mol. The van der Waals surface area contributed by atoms with E-state index in [1.54, 1.807) is 0 Å². The lowest BCUT2D eigenvalue weighted by Gasteiger charge is -2.29. The molecule has 1 aliphatic rings. The molecule has 1 unspecified atom stereocenters. The summed E-state index contributed by atoms with van der Waals surface area (Å²) in [5, 5.41) is 0. The van der Waals surface area contributed by atoms with Crippen LogP contribution in [0.5, 0.6) is 5.75 Å². The first kappa shape index (κ1) is 16.6. The number of benzene rings is 1. The van der Waals surface area contributed by atoms with Gasteiger partial charge in [-0.05, 0) is 42.7 Å². The van der Waals surface area contributed by atoms with Gasteiger partial charge in [-0.15, -0.1) is 0 Å². The van der Waals surface area contributed by atoms with E-state index in [0.29, 0.717) is 0 Å². The molecule has 2 rings (SSSR count). The van der Waals surface area contributed by atoms with E-state index in [-0.39, 0.29) is 5.60 Å². The predicted octanol–water partition coefficient (Wildman–Crippen LogP) is 6.02. The van der Waals surface area contributed by atoms with Crippen molar-refractivity contribution in [2.45, 2.75) is 58.0 Å². The lowest BCUT2D eigenvalue weighted by Crippen LogP contribution is -2.31. The molecule has 0 saturated carbocycles. The highest BCUT2D eigenvalue weighted by Gasteiger charge is 2.26. The molecule has 22 heavy (non-hydrogen) atoms. The van der Waals surface area contributed by atoms with Crippen LogP contribution < -0.4 is 4.74 Å². The van der Waals surface area contributed by atoms with Crippen LogP contribution in [0, 0.1) is 0 Å². The maximum Gasteiger partial charge on any atom is 0.149 e. The zero-order valence-electron chi connectivity index (χ0n) is 13.9. The molecular weight excluding hydrogens is 268 g/mol. The summed E-state index contributed by atoms with van der Waals surface area (Å²) in [5.74, 6) is 0.944. The van der Waals surface area contributed by atoms with Gasteiger partial charge in [0.25, 0.3) is 0 Å². The van der Waals surface area contributed by atoms with Crippen molar-refractivity contribution >= 4 is 0 Å². The molecule has 0 spiro atoms. The summed E-state index contributed by atoms with van der Waals surface area (Å²) in [6, 6.07) is 8.54. The molecule has 0 bridgehead atoms. The number of rotatable bonds is 8. The predicted molar refractivity (Wildman–Crippen MR) is 95.4 cm³/mol. The molecule has 0 saturated heterocycles. The van der Waals surface area contributed by atoms with Gasteiger partial charge >= 0.3 is 0 Å². The fourth-order valence-corrected chi connectivity index (χ4v) is 2.69. The maximum absolute atomic E-state index is 6.33. The van der Waals surface area contributed by atoms with Crippen molar-refractivity contribution in [2.75, 3.05) is 0 Å². The molecule has 1 atom stereocenters. The van der Waals surface area contributed by atoms with Crippen molar-refractivity contribution < 1.29 is 4.74 Å². The molecule has 0 radical (unpaired) electrons. The molecule has 0 heterocycles. The monoisotopic (exact) mass is 296 g/mol. The standard InChI is InChI=1S/C21H28O/c1-3-5-6-8-16-21(17-9-7-10-18-21)22-20-14-12-19(11-4-2)13-15-20/h7-10,12-17H,3-6,11,18H2,1-2H3. The van der Waals surface area contributed by atoms with Gasteiger partial charge in [-0.25, -0.2) is 0 Å². The topological polar surface area (TPSA) is 9.23 Å². The first-order valence-corrected chi connectivity index (χ1v) is 8.58. The molecule has 1 aliphatic carbocycles. The molecule has 1 aromatic rings. The lowest BCUT2D eigenvalue weighted by atomic mass is 9.93. The van der Waals surface area contributed by atoms with Crippen LogP contribution >= 0.6 is 0 Å². The van der Waals surface area contributed by atoms with Crippen molar-refractivity contribution in [3.05, 3.63) is 66.3 Å². The third-order valence-electron chi connectivity index (χ3n) is 3.96. The molecule has 1 heteroatoms.